The fraction of sp³-hybridized carbons (Fsp3) is 0.364. The lowest BCUT2D eigenvalue weighted by Gasteiger charge is -2.28. The maximum absolute atomic E-state index is 14.6. The Bertz CT molecular complexity index is 1170. The summed E-state index contributed by atoms with van der Waals surface area (Å²) in [5.74, 6) is -2.26. The number of hydrogen-bond donors (Lipinski definition) is 2. The second kappa shape index (κ2) is 9.05. The Kier molecular flexibility index (Phi) is 6.33. The summed E-state index contributed by atoms with van der Waals surface area (Å²) in [7, 11) is 0. The number of carboxylic acids is 1. The van der Waals surface area contributed by atoms with E-state index >= 15 is 0 Å². The normalized spacial score (nSPS) is 21.1. The smallest absolute Gasteiger partial charge is 0.433 e. The molecule has 2 aromatic heterocycles. The van der Waals surface area contributed by atoms with E-state index in [1.807, 2.05) is 13.0 Å². The van der Waals surface area contributed by atoms with Crippen LogP contribution in [0.5, 0.6) is 0 Å². The second-order valence-corrected chi connectivity index (χ2v) is 9.07. The molecule has 4 rings (SSSR count). The average Bonchev–Trinajstić information content (AvgIpc) is 3.23. The fourth-order valence-corrected chi connectivity index (χ4v) is 5.00. The topological polar surface area (TPSA) is 88.0 Å². The number of nitrogens with one attached hydrogen (secondary N) is 1. The molecule has 1 fully saturated rings. The van der Waals surface area contributed by atoms with Gasteiger partial charge in [-0.3, -0.25) is 4.79 Å². The van der Waals surface area contributed by atoms with Crippen molar-refractivity contribution in [2.45, 2.75) is 44.5 Å². The minimum atomic E-state index is -4.58. The first kappa shape index (κ1) is 23.1. The molecule has 3 aromatic rings. The number of alkyl halides is 4. The average molecular weight is 480 g/mol. The third kappa shape index (κ3) is 5.29. The highest BCUT2D eigenvalue weighted by Crippen LogP contribution is 2.41. The SMILES string of the molecule is Cc1cc(Nc2nccc(C(F)(F)F)n2)cc(-c2cnc(C3CCC(C(=O)O)CC3F)s2)c1. The summed E-state index contributed by atoms with van der Waals surface area (Å²) in [5.41, 5.74) is 1.08. The second-order valence-electron chi connectivity index (χ2n) is 8.01. The van der Waals surface area contributed by atoms with Crippen LogP contribution >= 0.6 is 11.3 Å². The standard InChI is InChI=1S/C22H20F4N4O2S/c1-11-6-13(8-14(7-11)29-21-27-5-4-18(30-21)22(24,25)26)17-10-28-19(33-17)15-3-2-12(20(31)32)9-16(15)23/h4-8,10,12,15-16H,2-3,9H2,1H3,(H,31,32)(H,27,29,30). The van der Waals surface area contributed by atoms with Crippen molar-refractivity contribution in [3.05, 3.63) is 52.9 Å². The van der Waals surface area contributed by atoms with Gasteiger partial charge in [0.2, 0.25) is 5.95 Å². The van der Waals surface area contributed by atoms with Crippen molar-refractivity contribution in [3.8, 4) is 10.4 Å². The van der Waals surface area contributed by atoms with Crippen LogP contribution in [0.25, 0.3) is 10.4 Å². The Balaban J connectivity index is 1.54. The first-order valence-electron chi connectivity index (χ1n) is 10.2. The molecule has 0 amide bonds. The van der Waals surface area contributed by atoms with Gasteiger partial charge in [-0.15, -0.1) is 11.3 Å². The van der Waals surface area contributed by atoms with Gasteiger partial charge in [0, 0.05) is 24.0 Å². The van der Waals surface area contributed by atoms with Gasteiger partial charge >= 0.3 is 12.1 Å². The number of hydrogen-bond acceptors (Lipinski definition) is 6. The zero-order chi connectivity index (χ0) is 23.8. The minimum absolute atomic E-state index is 0.0234. The van der Waals surface area contributed by atoms with E-state index < -0.39 is 35.8 Å². The van der Waals surface area contributed by atoms with Crippen LogP contribution in [0, 0.1) is 12.8 Å². The molecule has 3 atom stereocenters. The van der Waals surface area contributed by atoms with E-state index in [2.05, 4.69) is 20.3 Å². The van der Waals surface area contributed by atoms with Crippen LogP contribution in [0.15, 0.2) is 36.7 Å². The van der Waals surface area contributed by atoms with Crippen molar-refractivity contribution >= 4 is 28.9 Å². The van der Waals surface area contributed by atoms with Gasteiger partial charge in [-0.1, -0.05) is 6.07 Å². The van der Waals surface area contributed by atoms with Crippen molar-refractivity contribution in [1.82, 2.24) is 15.0 Å². The van der Waals surface area contributed by atoms with Gasteiger partial charge in [-0.25, -0.2) is 19.3 Å². The van der Waals surface area contributed by atoms with Crippen LogP contribution < -0.4 is 5.32 Å². The summed E-state index contributed by atoms with van der Waals surface area (Å²) in [6.45, 7) is 1.84. The number of halogens is 4. The predicted octanol–water partition coefficient (Wildman–Crippen LogP) is 5.98. The van der Waals surface area contributed by atoms with E-state index in [-0.39, 0.29) is 12.4 Å². The van der Waals surface area contributed by atoms with E-state index in [4.69, 9.17) is 5.11 Å². The van der Waals surface area contributed by atoms with Gasteiger partial charge in [0.15, 0.2) is 0 Å². The Morgan fingerprint density at radius 2 is 2.00 bits per heavy atom. The zero-order valence-corrected chi connectivity index (χ0v) is 18.3. The molecule has 1 aliphatic rings. The van der Waals surface area contributed by atoms with Gasteiger partial charge in [0.25, 0.3) is 0 Å². The molecular formula is C22H20F4N4O2S. The Morgan fingerprint density at radius 1 is 1.21 bits per heavy atom. The molecule has 33 heavy (non-hydrogen) atoms. The van der Waals surface area contributed by atoms with Gasteiger partial charge in [0.05, 0.1) is 15.8 Å². The highest BCUT2D eigenvalue weighted by Gasteiger charge is 2.36. The van der Waals surface area contributed by atoms with Crippen molar-refractivity contribution in [3.63, 3.8) is 0 Å². The van der Waals surface area contributed by atoms with Gasteiger partial charge in [-0.2, -0.15) is 13.2 Å². The van der Waals surface area contributed by atoms with Gasteiger partial charge < -0.3 is 10.4 Å². The summed E-state index contributed by atoms with van der Waals surface area (Å²) in [5, 5.41) is 12.5. The molecule has 2 heterocycles. The summed E-state index contributed by atoms with van der Waals surface area (Å²) in [4.78, 5) is 23.7. The fourth-order valence-electron chi connectivity index (χ4n) is 3.91. The highest BCUT2D eigenvalue weighted by atomic mass is 32.1. The monoisotopic (exact) mass is 480 g/mol. The van der Waals surface area contributed by atoms with Crippen molar-refractivity contribution in [1.29, 1.82) is 0 Å². The molecule has 0 radical (unpaired) electrons. The highest BCUT2D eigenvalue weighted by molar-refractivity contribution is 7.15. The van der Waals surface area contributed by atoms with E-state index in [0.717, 1.165) is 28.3 Å². The molecule has 0 saturated heterocycles. The van der Waals surface area contributed by atoms with Gasteiger partial charge in [0.1, 0.15) is 11.9 Å². The quantitative estimate of drug-likeness (QED) is 0.437. The number of benzene rings is 1. The molecule has 174 valence electrons. The Morgan fingerprint density at radius 3 is 2.70 bits per heavy atom. The lowest BCUT2D eigenvalue weighted by Crippen LogP contribution is -2.29. The number of nitrogens with zero attached hydrogens (tertiary/aromatic N) is 3. The van der Waals surface area contributed by atoms with Crippen LogP contribution in [-0.2, 0) is 11.0 Å². The van der Waals surface area contributed by atoms with Crippen molar-refractivity contribution < 1.29 is 27.5 Å². The van der Waals surface area contributed by atoms with Crippen LogP contribution in [-0.4, -0.2) is 32.2 Å². The van der Waals surface area contributed by atoms with Crippen LogP contribution in [0.3, 0.4) is 0 Å². The number of aliphatic carboxylic acids is 1. The summed E-state index contributed by atoms with van der Waals surface area (Å²) in [6, 6.07) is 6.18. The molecule has 0 bridgehead atoms. The molecule has 2 N–H and O–H groups in total. The first-order valence-corrected chi connectivity index (χ1v) is 11.0. The Labute approximate surface area is 190 Å². The lowest BCUT2D eigenvalue weighted by molar-refractivity contribution is -0.144. The lowest BCUT2D eigenvalue weighted by atomic mass is 9.81. The van der Waals surface area contributed by atoms with Crippen molar-refractivity contribution in [2.75, 3.05) is 5.32 Å². The molecule has 1 saturated carbocycles. The number of aryl methyl sites for hydroxylation is 1. The van der Waals surface area contributed by atoms with Gasteiger partial charge in [-0.05, 0) is 55.5 Å². The number of thiazole rings is 1. The Hall–Kier alpha value is -3.08. The molecule has 3 unspecified atom stereocenters. The summed E-state index contributed by atoms with van der Waals surface area (Å²) < 4.78 is 53.4. The van der Waals surface area contributed by atoms with E-state index in [0.29, 0.717) is 23.5 Å². The third-order valence-corrected chi connectivity index (χ3v) is 6.70. The molecule has 0 spiro atoms. The van der Waals surface area contributed by atoms with Crippen LogP contribution in [0.2, 0.25) is 0 Å². The predicted molar refractivity (Wildman–Crippen MR) is 115 cm³/mol. The van der Waals surface area contributed by atoms with E-state index in [1.165, 1.54) is 11.3 Å². The molecule has 11 heteroatoms. The van der Waals surface area contributed by atoms with Crippen molar-refractivity contribution in [2.24, 2.45) is 5.92 Å². The molecular weight excluding hydrogens is 460 g/mol. The van der Waals surface area contributed by atoms with E-state index in [9.17, 15) is 22.4 Å². The molecule has 1 aliphatic carbocycles. The van der Waals surface area contributed by atoms with Crippen LogP contribution in [0.1, 0.15) is 41.4 Å². The zero-order valence-electron chi connectivity index (χ0n) is 17.4. The maximum atomic E-state index is 14.6. The summed E-state index contributed by atoms with van der Waals surface area (Å²) in [6.07, 6.45) is -2.37. The van der Waals surface area contributed by atoms with Crippen LogP contribution in [0.4, 0.5) is 29.2 Å². The molecule has 1 aromatic carbocycles. The first-order chi connectivity index (χ1) is 15.6. The minimum Gasteiger partial charge on any atom is -0.481 e. The third-order valence-electron chi connectivity index (χ3n) is 5.53. The number of aromatic nitrogens is 3. The number of rotatable bonds is 5. The maximum Gasteiger partial charge on any atom is 0.433 e. The summed E-state index contributed by atoms with van der Waals surface area (Å²) >= 11 is 1.33. The molecule has 0 aliphatic heterocycles. The molecule has 6 nitrogen and oxygen atoms in total. The number of anilines is 2. The number of carbonyl (C=O) groups is 1. The largest absolute Gasteiger partial charge is 0.481 e. The van der Waals surface area contributed by atoms with E-state index in [1.54, 1.807) is 18.3 Å². The number of carboxylic acid groups (broad SMARTS) is 1.